The normalized spacial score (nSPS) is 14.2. The second-order valence-electron chi connectivity index (χ2n) is 3.43. The van der Waals surface area contributed by atoms with Crippen LogP contribution in [0, 0.1) is 5.92 Å². The van der Waals surface area contributed by atoms with Gasteiger partial charge in [-0.15, -0.1) is 12.4 Å². The molecule has 1 rings (SSSR count). The summed E-state index contributed by atoms with van der Waals surface area (Å²) < 4.78 is 0. The van der Waals surface area contributed by atoms with E-state index in [-0.39, 0.29) is 18.4 Å². The van der Waals surface area contributed by atoms with Crippen LogP contribution in [0.5, 0.6) is 0 Å². The van der Waals surface area contributed by atoms with Gasteiger partial charge in [-0.3, -0.25) is 4.98 Å². The van der Waals surface area contributed by atoms with Crippen LogP contribution in [0.15, 0.2) is 12.4 Å². The number of nitrogens with zero attached hydrogens (tertiary/aromatic N) is 1. The van der Waals surface area contributed by atoms with Gasteiger partial charge in [0.25, 0.3) is 0 Å². The van der Waals surface area contributed by atoms with E-state index < -0.39 is 0 Å². The maximum atomic E-state index is 6.05. The third-order valence-corrected chi connectivity index (χ3v) is 3.08. The van der Waals surface area contributed by atoms with E-state index in [0.717, 1.165) is 12.0 Å². The molecule has 0 saturated carbocycles. The minimum Gasteiger partial charge on any atom is -0.324 e. The molecule has 1 heterocycles. The second-order valence-corrected chi connectivity index (χ2v) is 4.24. The van der Waals surface area contributed by atoms with E-state index in [1.807, 2.05) is 0 Å². The summed E-state index contributed by atoms with van der Waals surface area (Å²) in [7, 11) is 0. The van der Waals surface area contributed by atoms with Crippen LogP contribution in [-0.4, -0.2) is 4.98 Å². The van der Waals surface area contributed by atoms with Crippen LogP contribution in [0.2, 0.25) is 10.0 Å². The van der Waals surface area contributed by atoms with Crippen molar-refractivity contribution < 1.29 is 0 Å². The van der Waals surface area contributed by atoms with Crippen LogP contribution >= 0.6 is 35.6 Å². The largest absolute Gasteiger partial charge is 0.324 e. The van der Waals surface area contributed by atoms with Gasteiger partial charge in [-0.25, -0.2) is 0 Å². The maximum Gasteiger partial charge on any atom is 0.0652 e. The molecule has 2 N–H and O–H groups in total. The van der Waals surface area contributed by atoms with Gasteiger partial charge in [0.15, 0.2) is 0 Å². The molecular weight excluding hydrogens is 254 g/mol. The lowest BCUT2D eigenvalue weighted by Gasteiger charge is -2.20. The Morgan fingerprint density at radius 1 is 1.33 bits per heavy atom. The number of nitrogens with two attached hydrogens (primary N) is 1. The minimum atomic E-state index is -0.122. The number of halogens is 3. The van der Waals surface area contributed by atoms with E-state index in [4.69, 9.17) is 28.9 Å². The van der Waals surface area contributed by atoms with E-state index in [1.54, 1.807) is 12.4 Å². The van der Waals surface area contributed by atoms with Crippen LogP contribution in [0.25, 0.3) is 0 Å². The van der Waals surface area contributed by atoms with Gasteiger partial charge in [-0.05, 0) is 5.92 Å². The predicted molar refractivity (Wildman–Crippen MR) is 67.9 cm³/mol. The second kappa shape index (κ2) is 6.54. The van der Waals surface area contributed by atoms with Crippen molar-refractivity contribution in [1.82, 2.24) is 4.98 Å². The fraction of sp³-hybridized carbons (Fsp3) is 0.500. The first kappa shape index (κ1) is 15.0. The smallest absolute Gasteiger partial charge is 0.0652 e. The molecular formula is C10H15Cl3N2. The highest BCUT2D eigenvalue weighted by Crippen LogP contribution is 2.32. The summed E-state index contributed by atoms with van der Waals surface area (Å²) in [6, 6.07) is -0.122. The molecule has 0 spiro atoms. The summed E-state index contributed by atoms with van der Waals surface area (Å²) in [5.74, 6) is 0.354. The van der Waals surface area contributed by atoms with Gasteiger partial charge in [0.1, 0.15) is 0 Å². The SMILES string of the molecule is CCC(C)[C@H](N)c1c(Cl)cncc1Cl.Cl. The van der Waals surface area contributed by atoms with Gasteiger partial charge in [-0.1, -0.05) is 43.5 Å². The minimum absolute atomic E-state index is 0. The summed E-state index contributed by atoms with van der Waals surface area (Å²) >= 11 is 12.0. The van der Waals surface area contributed by atoms with Crippen molar-refractivity contribution in [3.63, 3.8) is 0 Å². The van der Waals surface area contributed by atoms with Crippen molar-refractivity contribution in [2.24, 2.45) is 11.7 Å². The molecule has 0 radical (unpaired) electrons. The zero-order valence-corrected chi connectivity index (χ0v) is 11.0. The van der Waals surface area contributed by atoms with Crippen molar-refractivity contribution in [1.29, 1.82) is 0 Å². The molecule has 0 fully saturated rings. The van der Waals surface area contributed by atoms with E-state index in [1.165, 1.54) is 0 Å². The Morgan fingerprint density at radius 2 is 1.80 bits per heavy atom. The fourth-order valence-corrected chi connectivity index (χ4v) is 1.89. The van der Waals surface area contributed by atoms with E-state index in [2.05, 4.69) is 18.8 Å². The van der Waals surface area contributed by atoms with Gasteiger partial charge in [0.2, 0.25) is 0 Å². The Morgan fingerprint density at radius 3 is 2.20 bits per heavy atom. The molecule has 0 aliphatic heterocycles. The first-order valence-electron chi connectivity index (χ1n) is 4.62. The summed E-state index contributed by atoms with van der Waals surface area (Å²) in [5, 5.41) is 1.09. The number of pyridine rings is 1. The van der Waals surface area contributed by atoms with Crippen LogP contribution in [0.1, 0.15) is 31.9 Å². The lowest BCUT2D eigenvalue weighted by molar-refractivity contribution is 0.457. The Labute approximate surface area is 107 Å². The Balaban J connectivity index is 0.00000196. The molecule has 1 unspecified atom stereocenters. The first-order valence-corrected chi connectivity index (χ1v) is 5.38. The van der Waals surface area contributed by atoms with Crippen LogP contribution in [0.3, 0.4) is 0 Å². The predicted octanol–water partition coefficient (Wildman–Crippen LogP) is 3.86. The van der Waals surface area contributed by atoms with Crippen molar-refractivity contribution in [3.05, 3.63) is 28.0 Å². The molecule has 0 aliphatic carbocycles. The zero-order chi connectivity index (χ0) is 10.7. The van der Waals surface area contributed by atoms with Crippen LogP contribution in [0.4, 0.5) is 0 Å². The Bertz CT molecular complexity index is 297. The monoisotopic (exact) mass is 268 g/mol. The number of hydrogen-bond donors (Lipinski definition) is 1. The molecule has 2 nitrogen and oxygen atoms in total. The van der Waals surface area contributed by atoms with Crippen LogP contribution < -0.4 is 5.73 Å². The summed E-state index contributed by atoms with van der Waals surface area (Å²) in [6.07, 6.45) is 4.15. The third-order valence-electron chi connectivity index (χ3n) is 2.48. The van der Waals surface area contributed by atoms with Crippen LogP contribution in [-0.2, 0) is 0 Å². The highest BCUT2D eigenvalue weighted by atomic mass is 35.5. The molecule has 1 aromatic heterocycles. The number of aromatic nitrogens is 1. The van der Waals surface area contributed by atoms with E-state index in [0.29, 0.717) is 16.0 Å². The van der Waals surface area contributed by atoms with Gasteiger partial charge >= 0.3 is 0 Å². The lowest BCUT2D eigenvalue weighted by atomic mass is 9.94. The fourth-order valence-electron chi connectivity index (χ4n) is 1.28. The van der Waals surface area contributed by atoms with Crippen molar-refractivity contribution in [2.75, 3.05) is 0 Å². The average molecular weight is 270 g/mol. The molecule has 86 valence electrons. The quantitative estimate of drug-likeness (QED) is 0.905. The Kier molecular flexibility index (Phi) is 6.53. The van der Waals surface area contributed by atoms with Gasteiger partial charge in [-0.2, -0.15) is 0 Å². The summed E-state index contributed by atoms with van der Waals surface area (Å²) in [4.78, 5) is 3.89. The molecule has 0 aliphatic rings. The van der Waals surface area contributed by atoms with Crippen molar-refractivity contribution in [2.45, 2.75) is 26.3 Å². The van der Waals surface area contributed by atoms with E-state index in [9.17, 15) is 0 Å². The molecule has 5 heteroatoms. The number of hydrogen-bond acceptors (Lipinski definition) is 2. The van der Waals surface area contributed by atoms with Gasteiger partial charge < -0.3 is 5.73 Å². The number of rotatable bonds is 3. The maximum absolute atomic E-state index is 6.05. The molecule has 15 heavy (non-hydrogen) atoms. The lowest BCUT2D eigenvalue weighted by Crippen LogP contribution is -2.19. The molecule has 1 aromatic rings. The summed E-state index contributed by atoms with van der Waals surface area (Å²) in [5.41, 5.74) is 6.86. The van der Waals surface area contributed by atoms with Gasteiger partial charge in [0.05, 0.1) is 10.0 Å². The molecule has 0 saturated heterocycles. The van der Waals surface area contributed by atoms with Gasteiger partial charge in [0, 0.05) is 24.0 Å². The molecule has 0 aromatic carbocycles. The summed E-state index contributed by atoms with van der Waals surface area (Å²) in [6.45, 7) is 4.17. The third kappa shape index (κ3) is 3.49. The highest BCUT2D eigenvalue weighted by Gasteiger charge is 2.19. The standard InChI is InChI=1S/C10H14Cl2N2.ClH/c1-3-6(2)10(13)9-7(11)4-14-5-8(9)12;/h4-6,10H,3,13H2,1-2H3;1H/t6?,10-;/m0./s1. The first-order chi connectivity index (χ1) is 6.57. The topological polar surface area (TPSA) is 38.9 Å². The van der Waals surface area contributed by atoms with E-state index >= 15 is 0 Å². The Hall–Kier alpha value is -0.0200. The molecule has 0 bridgehead atoms. The molecule has 0 amide bonds. The highest BCUT2D eigenvalue weighted by molar-refractivity contribution is 6.35. The van der Waals surface area contributed by atoms with Crippen molar-refractivity contribution in [3.8, 4) is 0 Å². The van der Waals surface area contributed by atoms with Crippen molar-refractivity contribution >= 4 is 35.6 Å². The zero-order valence-electron chi connectivity index (χ0n) is 8.71. The average Bonchev–Trinajstić information content (AvgIpc) is 2.16. The molecule has 2 atom stereocenters.